The fourth-order valence-corrected chi connectivity index (χ4v) is 5.61. The highest BCUT2D eigenvalue weighted by atomic mass is 32.1. The Morgan fingerprint density at radius 1 is 1.06 bits per heavy atom. The molecule has 0 unspecified atom stereocenters. The summed E-state index contributed by atoms with van der Waals surface area (Å²) in [7, 11) is 0. The molecule has 3 aromatic rings. The maximum atomic E-state index is 12.5. The van der Waals surface area contributed by atoms with E-state index in [0.717, 1.165) is 52.9 Å². The smallest absolute Gasteiger partial charge is 0.413 e. The molecule has 2 aromatic carbocycles. The van der Waals surface area contributed by atoms with Crippen molar-refractivity contribution in [2.24, 2.45) is 5.41 Å². The Morgan fingerprint density at radius 2 is 1.71 bits per heavy atom. The van der Waals surface area contributed by atoms with E-state index in [1.54, 1.807) is 5.38 Å². The summed E-state index contributed by atoms with van der Waals surface area (Å²) >= 11 is 1.13. The minimum atomic E-state index is -0.859. The van der Waals surface area contributed by atoms with Crippen molar-refractivity contribution in [2.45, 2.75) is 31.6 Å². The van der Waals surface area contributed by atoms with Gasteiger partial charge in [-0.25, -0.2) is 9.78 Å². The molecule has 0 bridgehead atoms. The van der Waals surface area contributed by atoms with Crippen molar-refractivity contribution in [3.8, 4) is 11.1 Å². The quantitative estimate of drug-likeness (QED) is 0.413. The Labute approximate surface area is 206 Å². The summed E-state index contributed by atoms with van der Waals surface area (Å²) in [5.41, 5.74) is 4.36. The molecule has 1 aromatic heterocycles. The van der Waals surface area contributed by atoms with Gasteiger partial charge in [-0.3, -0.25) is 14.9 Å². The highest BCUT2D eigenvalue weighted by Crippen LogP contribution is 2.45. The first-order chi connectivity index (χ1) is 16.9. The van der Waals surface area contributed by atoms with Crippen LogP contribution in [0.4, 0.5) is 9.93 Å². The fraction of sp³-hybridized carbons (Fsp3) is 0.308. The maximum absolute atomic E-state index is 12.5. The van der Waals surface area contributed by atoms with Crippen molar-refractivity contribution in [1.82, 2.24) is 10.3 Å². The summed E-state index contributed by atoms with van der Waals surface area (Å²) in [5, 5.41) is 16.3. The third-order valence-electron chi connectivity index (χ3n) is 6.85. The lowest BCUT2D eigenvalue weighted by molar-refractivity contribution is -0.141. The van der Waals surface area contributed by atoms with Crippen LogP contribution in [0.25, 0.3) is 11.1 Å². The Morgan fingerprint density at radius 3 is 2.31 bits per heavy atom. The topological polar surface area (TPSA) is 118 Å². The third-order valence-corrected chi connectivity index (χ3v) is 7.61. The minimum Gasteiger partial charge on any atom is -0.481 e. The van der Waals surface area contributed by atoms with Gasteiger partial charge in [0, 0.05) is 17.8 Å². The van der Waals surface area contributed by atoms with E-state index >= 15 is 0 Å². The second kappa shape index (κ2) is 9.50. The largest absolute Gasteiger partial charge is 0.481 e. The molecule has 1 fully saturated rings. The first-order valence-corrected chi connectivity index (χ1v) is 12.4. The molecule has 1 heterocycles. The van der Waals surface area contributed by atoms with Crippen LogP contribution >= 0.6 is 11.3 Å². The molecule has 0 saturated heterocycles. The number of hydrogen-bond acceptors (Lipinski definition) is 6. The van der Waals surface area contributed by atoms with Gasteiger partial charge in [0.15, 0.2) is 5.13 Å². The maximum Gasteiger partial charge on any atom is 0.413 e. The van der Waals surface area contributed by atoms with Crippen LogP contribution < -0.4 is 10.6 Å². The van der Waals surface area contributed by atoms with E-state index in [-0.39, 0.29) is 35.2 Å². The van der Waals surface area contributed by atoms with Crippen molar-refractivity contribution >= 4 is 34.4 Å². The zero-order valence-electron chi connectivity index (χ0n) is 19.0. The van der Waals surface area contributed by atoms with Crippen LogP contribution in [0, 0.1) is 5.41 Å². The molecule has 2 aliphatic rings. The SMILES string of the molecule is O=C(O)CC1(CNC(=O)c2csc(NC(=O)OCC3c4ccccc4-c4ccccc43)n2)CCC1. The van der Waals surface area contributed by atoms with Gasteiger partial charge in [0.1, 0.15) is 12.3 Å². The summed E-state index contributed by atoms with van der Waals surface area (Å²) in [4.78, 5) is 40.2. The number of carboxylic acid groups (broad SMARTS) is 1. The first-order valence-electron chi connectivity index (χ1n) is 11.5. The molecule has 8 nitrogen and oxygen atoms in total. The summed E-state index contributed by atoms with van der Waals surface area (Å²) in [6.07, 6.45) is 1.94. The van der Waals surface area contributed by atoms with Crippen molar-refractivity contribution in [2.75, 3.05) is 18.5 Å². The van der Waals surface area contributed by atoms with Gasteiger partial charge in [-0.1, -0.05) is 55.0 Å². The molecule has 0 radical (unpaired) electrons. The average molecular weight is 492 g/mol. The lowest BCUT2D eigenvalue weighted by Gasteiger charge is -2.40. The lowest BCUT2D eigenvalue weighted by atomic mass is 9.66. The van der Waals surface area contributed by atoms with Gasteiger partial charge >= 0.3 is 12.1 Å². The van der Waals surface area contributed by atoms with Crippen molar-refractivity contribution < 1.29 is 24.2 Å². The standard InChI is InChI=1S/C26H25N3O5S/c30-22(31)12-26(10-5-11-26)15-27-23(32)21-14-35-24(28-21)29-25(33)34-13-20-18-8-3-1-6-16(18)17-7-2-4-9-19(17)20/h1-4,6-9,14,20H,5,10-13,15H2,(H,27,32)(H,30,31)(H,28,29,33). The monoisotopic (exact) mass is 491 g/mol. The number of thiazole rings is 1. The van der Waals surface area contributed by atoms with Gasteiger partial charge in [0.25, 0.3) is 5.91 Å². The molecule has 180 valence electrons. The second-order valence-electron chi connectivity index (χ2n) is 9.10. The molecule has 0 atom stereocenters. The van der Waals surface area contributed by atoms with E-state index in [9.17, 15) is 14.4 Å². The summed E-state index contributed by atoms with van der Waals surface area (Å²) in [5.74, 6) is -1.30. The number of fused-ring (bicyclic) bond motifs is 3. The number of amides is 2. The predicted molar refractivity (Wildman–Crippen MR) is 132 cm³/mol. The van der Waals surface area contributed by atoms with Crippen LogP contribution in [0.15, 0.2) is 53.9 Å². The molecular formula is C26H25N3O5S. The zero-order chi connectivity index (χ0) is 24.4. The number of anilines is 1. The average Bonchev–Trinajstić information content (AvgIpc) is 3.42. The number of nitrogens with one attached hydrogen (secondary N) is 2. The van der Waals surface area contributed by atoms with E-state index in [0.29, 0.717) is 6.54 Å². The van der Waals surface area contributed by atoms with Crippen LogP contribution in [0.2, 0.25) is 0 Å². The van der Waals surface area contributed by atoms with Gasteiger partial charge in [-0.05, 0) is 40.5 Å². The van der Waals surface area contributed by atoms with Crippen molar-refractivity contribution in [3.05, 3.63) is 70.7 Å². The Balaban J connectivity index is 1.16. The molecule has 2 amide bonds. The number of carbonyl (C=O) groups is 3. The van der Waals surface area contributed by atoms with Crippen LogP contribution in [0.5, 0.6) is 0 Å². The number of ether oxygens (including phenoxy) is 1. The summed E-state index contributed by atoms with van der Waals surface area (Å²) < 4.78 is 5.53. The number of carboxylic acids is 1. The number of benzene rings is 2. The fourth-order valence-electron chi connectivity index (χ4n) is 4.93. The Bertz CT molecular complexity index is 1240. The van der Waals surface area contributed by atoms with Gasteiger partial charge in [0.2, 0.25) is 0 Å². The molecule has 1 saturated carbocycles. The number of aliphatic carboxylic acids is 1. The Hall–Kier alpha value is -3.72. The van der Waals surface area contributed by atoms with Crippen molar-refractivity contribution in [1.29, 1.82) is 0 Å². The van der Waals surface area contributed by atoms with Gasteiger partial charge < -0.3 is 15.2 Å². The minimum absolute atomic E-state index is 0.0406. The third kappa shape index (κ3) is 4.77. The van der Waals surface area contributed by atoms with Gasteiger partial charge in [-0.15, -0.1) is 11.3 Å². The van der Waals surface area contributed by atoms with Crippen LogP contribution in [0.1, 0.15) is 53.2 Å². The summed E-state index contributed by atoms with van der Waals surface area (Å²) in [6.45, 7) is 0.481. The number of nitrogens with zero attached hydrogens (tertiary/aromatic N) is 1. The molecule has 0 aliphatic heterocycles. The number of aromatic nitrogens is 1. The van der Waals surface area contributed by atoms with Crippen LogP contribution in [0.3, 0.4) is 0 Å². The predicted octanol–water partition coefficient (Wildman–Crippen LogP) is 4.88. The highest BCUT2D eigenvalue weighted by Gasteiger charge is 2.39. The molecule has 5 rings (SSSR count). The van der Waals surface area contributed by atoms with Gasteiger partial charge in [-0.2, -0.15) is 0 Å². The molecule has 35 heavy (non-hydrogen) atoms. The number of carbonyl (C=O) groups excluding carboxylic acids is 2. The lowest BCUT2D eigenvalue weighted by Crippen LogP contribution is -2.43. The molecular weight excluding hydrogens is 466 g/mol. The second-order valence-corrected chi connectivity index (χ2v) is 9.95. The van der Waals surface area contributed by atoms with E-state index in [2.05, 4.69) is 39.9 Å². The van der Waals surface area contributed by atoms with E-state index in [1.165, 1.54) is 0 Å². The van der Waals surface area contributed by atoms with Gasteiger partial charge in [0.05, 0.1) is 6.42 Å². The van der Waals surface area contributed by atoms with Crippen LogP contribution in [-0.4, -0.2) is 41.2 Å². The summed E-state index contributed by atoms with van der Waals surface area (Å²) in [6, 6.07) is 16.2. The molecule has 9 heteroatoms. The van der Waals surface area contributed by atoms with Crippen LogP contribution in [-0.2, 0) is 9.53 Å². The number of rotatable bonds is 8. The normalized spacial score (nSPS) is 15.4. The Kier molecular flexibility index (Phi) is 6.25. The number of hydrogen-bond donors (Lipinski definition) is 3. The molecule has 3 N–H and O–H groups in total. The first kappa shape index (κ1) is 23.0. The van der Waals surface area contributed by atoms with E-state index in [1.807, 2.05) is 24.3 Å². The zero-order valence-corrected chi connectivity index (χ0v) is 19.8. The van der Waals surface area contributed by atoms with E-state index < -0.39 is 18.0 Å². The highest BCUT2D eigenvalue weighted by molar-refractivity contribution is 7.14. The molecule has 0 spiro atoms. The molecule has 2 aliphatic carbocycles. The van der Waals surface area contributed by atoms with Crippen molar-refractivity contribution in [3.63, 3.8) is 0 Å². The van der Waals surface area contributed by atoms with E-state index in [4.69, 9.17) is 9.84 Å².